The van der Waals surface area contributed by atoms with Crippen LogP contribution in [0.2, 0.25) is 0 Å². The monoisotopic (exact) mass is 354 g/mol. The van der Waals surface area contributed by atoms with Gasteiger partial charge < -0.3 is 15.4 Å². The molecule has 0 bridgehead atoms. The van der Waals surface area contributed by atoms with Gasteiger partial charge in [-0.05, 0) is 37.9 Å². The number of carbonyl (C=O) groups excluding carboxylic acids is 1. The predicted octanol–water partition coefficient (Wildman–Crippen LogP) is 4.26. The first kappa shape index (κ1) is 18.7. The third-order valence-corrected chi connectivity index (χ3v) is 5.22. The van der Waals surface area contributed by atoms with E-state index in [1.54, 1.807) is 0 Å². The maximum absolute atomic E-state index is 12.3. The molecule has 1 aliphatic carbocycles. The van der Waals surface area contributed by atoms with Gasteiger partial charge in [-0.3, -0.25) is 0 Å². The van der Waals surface area contributed by atoms with Crippen LogP contribution in [0.5, 0.6) is 0 Å². The Labute approximate surface area is 156 Å². The van der Waals surface area contributed by atoms with Gasteiger partial charge in [0.2, 0.25) is 0 Å². The Bertz CT molecular complexity index is 695. The largest absolute Gasteiger partial charge is 0.452 e. The minimum atomic E-state index is -0.382. The normalized spacial score (nSPS) is 24.2. The SMILES string of the molecule is CCCCNC1=CCC(NCCCC)(C2OC(=O)c3ccccc32)C=C1. The van der Waals surface area contributed by atoms with Crippen LogP contribution in [0.15, 0.2) is 48.2 Å². The molecule has 2 N–H and O–H groups in total. The van der Waals surface area contributed by atoms with E-state index in [1.165, 1.54) is 12.8 Å². The Morgan fingerprint density at radius 1 is 1.15 bits per heavy atom. The minimum absolute atomic E-state index is 0.216. The highest BCUT2D eigenvalue weighted by Gasteiger charge is 2.45. The van der Waals surface area contributed by atoms with Crippen molar-refractivity contribution in [3.8, 4) is 0 Å². The van der Waals surface area contributed by atoms with Crippen molar-refractivity contribution in [2.24, 2.45) is 0 Å². The van der Waals surface area contributed by atoms with Crippen LogP contribution in [0.1, 0.15) is 68.0 Å². The Hall–Kier alpha value is -2.07. The molecule has 2 unspecified atom stereocenters. The summed E-state index contributed by atoms with van der Waals surface area (Å²) in [5, 5.41) is 7.18. The fourth-order valence-corrected chi connectivity index (χ4v) is 3.64. The van der Waals surface area contributed by atoms with Crippen molar-refractivity contribution in [2.75, 3.05) is 13.1 Å². The molecule has 1 aromatic carbocycles. The van der Waals surface area contributed by atoms with Gasteiger partial charge in [-0.2, -0.15) is 0 Å². The number of esters is 1. The van der Waals surface area contributed by atoms with Crippen LogP contribution in [0.25, 0.3) is 0 Å². The van der Waals surface area contributed by atoms with Crippen LogP contribution in [0.4, 0.5) is 0 Å². The number of cyclic esters (lactones) is 1. The van der Waals surface area contributed by atoms with E-state index in [0.29, 0.717) is 5.56 Å². The second kappa shape index (κ2) is 8.54. The third kappa shape index (κ3) is 3.85. The summed E-state index contributed by atoms with van der Waals surface area (Å²) in [5.74, 6) is -0.216. The van der Waals surface area contributed by atoms with Gasteiger partial charge in [-0.15, -0.1) is 0 Å². The molecule has 0 fully saturated rings. The van der Waals surface area contributed by atoms with Crippen molar-refractivity contribution in [3.63, 3.8) is 0 Å². The Kier molecular flexibility index (Phi) is 6.15. The zero-order valence-electron chi connectivity index (χ0n) is 15.9. The number of unbranched alkanes of at least 4 members (excludes halogenated alkanes) is 2. The lowest BCUT2D eigenvalue weighted by atomic mass is 9.81. The van der Waals surface area contributed by atoms with Gasteiger partial charge in [0.25, 0.3) is 0 Å². The van der Waals surface area contributed by atoms with Crippen molar-refractivity contribution < 1.29 is 9.53 Å². The van der Waals surface area contributed by atoms with Gasteiger partial charge in [0.1, 0.15) is 6.10 Å². The number of allylic oxidation sites excluding steroid dienone is 1. The fraction of sp³-hybridized carbons (Fsp3) is 0.500. The van der Waals surface area contributed by atoms with Crippen molar-refractivity contribution >= 4 is 5.97 Å². The standard InChI is InChI=1S/C22H30N2O2/c1-3-5-15-23-17-11-13-22(14-12-17,24-16-6-4-2)20-18-9-7-8-10-19(18)21(25)26-20/h7-13,20,23-24H,3-6,14-16H2,1-2H3. The molecular weight excluding hydrogens is 324 g/mol. The Morgan fingerprint density at radius 2 is 1.92 bits per heavy atom. The number of hydrogen-bond donors (Lipinski definition) is 2. The topological polar surface area (TPSA) is 50.4 Å². The molecule has 1 aliphatic heterocycles. The fourth-order valence-electron chi connectivity index (χ4n) is 3.64. The van der Waals surface area contributed by atoms with Gasteiger partial charge in [0, 0.05) is 17.8 Å². The van der Waals surface area contributed by atoms with E-state index in [1.807, 2.05) is 24.3 Å². The number of hydrogen-bond acceptors (Lipinski definition) is 4. The lowest BCUT2D eigenvalue weighted by Crippen LogP contribution is -2.50. The highest BCUT2D eigenvalue weighted by molar-refractivity contribution is 5.94. The molecular formula is C22H30N2O2. The maximum Gasteiger partial charge on any atom is 0.339 e. The average Bonchev–Trinajstić information content (AvgIpc) is 3.01. The lowest BCUT2D eigenvalue weighted by molar-refractivity contribution is 0.0180. The number of carbonyl (C=O) groups is 1. The summed E-state index contributed by atoms with van der Waals surface area (Å²) < 4.78 is 5.84. The van der Waals surface area contributed by atoms with Crippen LogP contribution in [-0.4, -0.2) is 24.6 Å². The van der Waals surface area contributed by atoms with Crippen LogP contribution >= 0.6 is 0 Å². The van der Waals surface area contributed by atoms with Crippen molar-refractivity contribution in [1.29, 1.82) is 0 Å². The minimum Gasteiger partial charge on any atom is -0.452 e. The first-order valence-corrected chi connectivity index (χ1v) is 9.88. The van der Waals surface area contributed by atoms with E-state index in [4.69, 9.17) is 4.74 Å². The lowest BCUT2D eigenvalue weighted by Gasteiger charge is -2.38. The van der Waals surface area contributed by atoms with Crippen LogP contribution in [-0.2, 0) is 4.74 Å². The van der Waals surface area contributed by atoms with Gasteiger partial charge in [-0.25, -0.2) is 4.79 Å². The second-order valence-electron chi connectivity index (χ2n) is 7.17. The average molecular weight is 354 g/mol. The van der Waals surface area contributed by atoms with Crippen molar-refractivity contribution in [3.05, 3.63) is 59.3 Å². The van der Waals surface area contributed by atoms with Crippen LogP contribution in [0.3, 0.4) is 0 Å². The maximum atomic E-state index is 12.3. The number of ether oxygens (including phenoxy) is 1. The zero-order valence-corrected chi connectivity index (χ0v) is 15.9. The summed E-state index contributed by atoms with van der Waals surface area (Å²) >= 11 is 0. The van der Waals surface area contributed by atoms with Crippen LogP contribution in [0, 0.1) is 0 Å². The summed E-state index contributed by atoms with van der Waals surface area (Å²) in [5.41, 5.74) is 2.46. The van der Waals surface area contributed by atoms with E-state index in [-0.39, 0.29) is 17.6 Å². The third-order valence-electron chi connectivity index (χ3n) is 5.22. The van der Waals surface area contributed by atoms with Gasteiger partial charge in [0.15, 0.2) is 0 Å². The summed E-state index contributed by atoms with van der Waals surface area (Å²) in [6.07, 6.45) is 11.6. The summed E-state index contributed by atoms with van der Waals surface area (Å²) in [6.45, 7) is 6.28. The molecule has 4 heteroatoms. The van der Waals surface area contributed by atoms with E-state index in [9.17, 15) is 4.79 Å². The molecule has 26 heavy (non-hydrogen) atoms. The molecule has 3 rings (SSSR count). The zero-order chi connectivity index (χ0) is 18.4. The van der Waals surface area contributed by atoms with E-state index < -0.39 is 0 Å². The molecule has 0 aromatic heterocycles. The molecule has 0 spiro atoms. The van der Waals surface area contributed by atoms with Gasteiger partial charge in [0.05, 0.1) is 11.1 Å². The Morgan fingerprint density at radius 3 is 2.65 bits per heavy atom. The molecule has 0 saturated carbocycles. The molecule has 2 atom stereocenters. The highest BCUT2D eigenvalue weighted by atomic mass is 16.6. The van der Waals surface area contributed by atoms with Gasteiger partial charge >= 0.3 is 5.97 Å². The second-order valence-corrected chi connectivity index (χ2v) is 7.17. The molecule has 4 nitrogen and oxygen atoms in total. The number of fused-ring (bicyclic) bond motifs is 1. The predicted molar refractivity (Wildman–Crippen MR) is 105 cm³/mol. The molecule has 140 valence electrons. The van der Waals surface area contributed by atoms with E-state index >= 15 is 0 Å². The highest BCUT2D eigenvalue weighted by Crippen LogP contribution is 2.42. The smallest absolute Gasteiger partial charge is 0.339 e. The Balaban J connectivity index is 1.81. The molecule has 0 amide bonds. The quantitative estimate of drug-likeness (QED) is 0.514. The molecule has 0 saturated heterocycles. The first-order valence-electron chi connectivity index (χ1n) is 9.88. The number of rotatable bonds is 9. The molecule has 0 radical (unpaired) electrons. The molecule has 1 aromatic rings. The van der Waals surface area contributed by atoms with E-state index in [2.05, 4.69) is 42.7 Å². The molecule has 1 heterocycles. The van der Waals surface area contributed by atoms with E-state index in [0.717, 1.165) is 43.6 Å². The number of nitrogens with one attached hydrogen (secondary N) is 2. The summed E-state index contributed by atoms with van der Waals surface area (Å²) in [4.78, 5) is 12.3. The van der Waals surface area contributed by atoms with Crippen molar-refractivity contribution in [2.45, 2.75) is 57.6 Å². The van der Waals surface area contributed by atoms with Crippen LogP contribution < -0.4 is 10.6 Å². The van der Waals surface area contributed by atoms with Gasteiger partial charge in [-0.1, -0.05) is 57.0 Å². The first-order chi connectivity index (χ1) is 12.7. The summed E-state index contributed by atoms with van der Waals surface area (Å²) in [7, 11) is 0. The molecule has 2 aliphatic rings. The van der Waals surface area contributed by atoms with Crippen molar-refractivity contribution in [1.82, 2.24) is 10.6 Å². The number of benzene rings is 1. The summed E-state index contributed by atoms with van der Waals surface area (Å²) in [6, 6.07) is 7.75.